The van der Waals surface area contributed by atoms with Crippen molar-refractivity contribution < 1.29 is 14.9 Å². The van der Waals surface area contributed by atoms with E-state index in [0.29, 0.717) is 0 Å². The summed E-state index contributed by atoms with van der Waals surface area (Å²) in [7, 11) is 1.62. The highest BCUT2D eigenvalue weighted by Crippen LogP contribution is 2.41. The van der Waals surface area contributed by atoms with Crippen LogP contribution >= 0.6 is 0 Å². The molecule has 0 spiro atoms. The average molecular weight is 294 g/mol. The predicted octanol–water partition coefficient (Wildman–Crippen LogP) is 4.02. The third-order valence-electron chi connectivity index (χ3n) is 3.99. The van der Waals surface area contributed by atoms with E-state index in [1.807, 2.05) is 49.4 Å². The molecule has 3 rings (SSSR count). The van der Waals surface area contributed by atoms with Gasteiger partial charge in [-0.15, -0.1) is 0 Å². The van der Waals surface area contributed by atoms with Gasteiger partial charge in [0.2, 0.25) is 0 Å². The molecular formula is C19H18O3. The Hall–Kier alpha value is -2.52. The second kappa shape index (κ2) is 5.70. The zero-order chi connectivity index (χ0) is 15.7. The third kappa shape index (κ3) is 2.30. The molecule has 0 aliphatic carbocycles. The van der Waals surface area contributed by atoms with E-state index in [2.05, 4.69) is 0 Å². The Labute approximate surface area is 129 Å². The van der Waals surface area contributed by atoms with Gasteiger partial charge in [-0.05, 0) is 52.6 Å². The molecule has 0 fully saturated rings. The van der Waals surface area contributed by atoms with Crippen LogP contribution in [0.1, 0.15) is 11.1 Å². The molecule has 3 aromatic carbocycles. The summed E-state index contributed by atoms with van der Waals surface area (Å²) in [4.78, 5) is 0. The zero-order valence-electron chi connectivity index (χ0n) is 12.6. The molecule has 0 saturated carbocycles. The second-order valence-corrected chi connectivity index (χ2v) is 5.31. The average Bonchev–Trinajstić information content (AvgIpc) is 2.54. The number of hydrogen-bond acceptors (Lipinski definition) is 3. The number of aromatic hydroxyl groups is 1. The molecule has 0 aliphatic heterocycles. The highest BCUT2D eigenvalue weighted by Gasteiger charge is 2.15. The summed E-state index contributed by atoms with van der Waals surface area (Å²) in [6, 6.07) is 15.1. The number of ether oxygens (including phenoxy) is 1. The maximum atomic E-state index is 10.4. The SMILES string of the molecule is COc1ccc2ccc(O)c(-c3c(C)cccc3CO)c2c1. The van der Waals surface area contributed by atoms with Crippen molar-refractivity contribution in [3.63, 3.8) is 0 Å². The van der Waals surface area contributed by atoms with Gasteiger partial charge < -0.3 is 14.9 Å². The summed E-state index contributed by atoms with van der Waals surface area (Å²) in [6.07, 6.45) is 0. The molecule has 3 nitrogen and oxygen atoms in total. The lowest BCUT2D eigenvalue weighted by molar-refractivity contribution is 0.282. The highest BCUT2D eigenvalue weighted by atomic mass is 16.5. The van der Waals surface area contributed by atoms with Gasteiger partial charge in [0.05, 0.1) is 13.7 Å². The Balaban J connectivity index is 2.42. The van der Waals surface area contributed by atoms with Gasteiger partial charge >= 0.3 is 0 Å². The van der Waals surface area contributed by atoms with Gasteiger partial charge in [0, 0.05) is 5.56 Å². The molecule has 0 saturated heterocycles. The number of hydrogen-bond donors (Lipinski definition) is 2. The standard InChI is InChI=1S/C19H18O3/c1-12-4-3-5-14(11-20)18(12)19-16-10-15(22-2)8-6-13(16)7-9-17(19)21/h3-10,20-21H,11H2,1-2H3. The van der Waals surface area contributed by atoms with Gasteiger partial charge in [-0.25, -0.2) is 0 Å². The monoisotopic (exact) mass is 294 g/mol. The number of methoxy groups -OCH3 is 1. The predicted molar refractivity (Wildman–Crippen MR) is 88.3 cm³/mol. The summed E-state index contributed by atoms with van der Waals surface area (Å²) >= 11 is 0. The summed E-state index contributed by atoms with van der Waals surface area (Å²) in [5, 5.41) is 22.0. The molecule has 0 bridgehead atoms. The van der Waals surface area contributed by atoms with Crippen molar-refractivity contribution in [2.45, 2.75) is 13.5 Å². The van der Waals surface area contributed by atoms with E-state index in [0.717, 1.165) is 38.8 Å². The number of aryl methyl sites for hydroxylation is 1. The summed E-state index contributed by atoms with van der Waals surface area (Å²) < 4.78 is 5.31. The van der Waals surface area contributed by atoms with Crippen molar-refractivity contribution in [3.8, 4) is 22.6 Å². The number of aliphatic hydroxyl groups excluding tert-OH is 1. The molecule has 0 amide bonds. The molecule has 0 aliphatic rings. The molecule has 22 heavy (non-hydrogen) atoms. The Morgan fingerprint density at radius 3 is 2.50 bits per heavy atom. The summed E-state index contributed by atoms with van der Waals surface area (Å²) in [5.74, 6) is 0.934. The Morgan fingerprint density at radius 2 is 1.77 bits per heavy atom. The first-order chi connectivity index (χ1) is 10.7. The third-order valence-corrected chi connectivity index (χ3v) is 3.99. The summed E-state index contributed by atoms with van der Waals surface area (Å²) in [5.41, 5.74) is 3.42. The number of fused-ring (bicyclic) bond motifs is 1. The van der Waals surface area contributed by atoms with Crippen LogP contribution in [-0.2, 0) is 6.61 Å². The molecule has 112 valence electrons. The summed E-state index contributed by atoms with van der Waals surface area (Å²) in [6.45, 7) is 1.91. The van der Waals surface area contributed by atoms with Crippen LogP contribution in [0.25, 0.3) is 21.9 Å². The van der Waals surface area contributed by atoms with Gasteiger partial charge in [-0.3, -0.25) is 0 Å². The van der Waals surface area contributed by atoms with Crippen LogP contribution in [0.3, 0.4) is 0 Å². The van der Waals surface area contributed by atoms with E-state index in [9.17, 15) is 10.2 Å². The van der Waals surface area contributed by atoms with Crippen LogP contribution in [0.5, 0.6) is 11.5 Å². The van der Waals surface area contributed by atoms with E-state index in [1.54, 1.807) is 13.2 Å². The van der Waals surface area contributed by atoms with Crippen molar-refractivity contribution in [2.24, 2.45) is 0 Å². The van der Waals surface area contributed by atoms with Gasteiger partial charge in [0.25, 0.3) is 0 Å². The first-order valence-corrected chi connectivity index (χ1v) is 7.15. The van der Waals surface area contributed by atoms with Crippen LogP contribution in [-0.4, -0.2) is 17.3 Å². The normalized spacial score (nSPS) is 10.9. The minimum absolute atomic E-state index is 0.0726. The van der Waals surface area contributed by atoms with E-state index in [1.165, 1.54) is 0 Å². The first-order valence-electron chi connectivity index (χ1n) is 7.15. The number of phenols is 1. The van der Waals surface area contributed by atoms with Crippen LogP contribution in [0.2, 0.25) is 0 Å². The molecule has 0 atom stereocenters. The fraction of sp³-hybridized carbons (Fsp3) is 0.158. The maximum Gasteiger partial charge on any atom is 0.124 e. The number of benzene rings is 3. The molecule has 0 radical (unpaired) electrons. The largest absolute Gasteiger partial charge is 0.507 e. The molecule has 2 N–H and O–H groups in total. The minimum atomic E-state index is -0.0726. The zero-order valence-corrected chi connectivity index (χ0v) is 12.6. The van der Waals surface area contributed by atoms with Gasteiger partial charge in [0.1, 0.15) is 11.5 Å². The fourth-order valence-electron chi connectivity index (χ4n) is 2.89. The van der Waals surface area contributed by atoms with E-state index < -0.39 is 0 Å². The van der Waals surface area contributed by atoms with Gasteiger partial charge in [0.15, 0.2) is 0 Å². The molecule has 0 heterocycles. The number of rotatable bonds is 3. The maximum absolute atomic E-state index is 10.4. The van der Waals surface area contributed by atoms with Crippen LogP contribution in [0.4, 0.5) is 0 Å². The van der Waals surface area contributed by atoms with Crippen molar-refractivity contribution in [1.29, 1.82) is 0 Å². The lowest BCUT2D eigenvalue weighted by atomic mass is 9.90. The van der Waals surface area contributed by atoms with Crippen molar-refractivity contribution >= 4 is 10.8 Å². The lowest BCUT2D eigenvalue weighted by Crippen LogP contribution is -1.94. The minimum Gasteiger partial charge on any atom is -0.507 e. The number of phenolic OH excluding ortho intramolecular Hbond substituents is 1. The molecule has 3 aromatic rings. The van der Waals surface area contributed by atoms with Crippen molar-refractivity contribution in [3.05, 3.63) is 59.7 Å². The smallest absolute Gasteiger partial charge is 0.124 e. The topological polar surface area (TPSA) is 49.7 Å². The fourth-order valence-corrected chi connectivity index (χ4v) is 2.89. The Morgan fingerprint density at radius 1 is 1.00 bits per heavy atom. The highest BCUT2D eigenvalue weighted by molar-refractivity contribution is 6.01. The van der Waals surface area contributed by atoms with E-state index >= 15 is 0 Å². The van der Waals surface area contributed by atoms with Crippen LogP contribution in [0.15, 0.2) is 48.5 Å². The molecule has 0 aromatic heterocycles. The Kier molecular flexibility index (Phi) is 3.73. The van der Waals surface area contributed by atoms with Gasteiger partial charge in [-0.1, -0.05) is 30.3 Å². The lowest BCUT2D eigenvalue weighted by Gasteiger charge is -2.16. The number of aliphatic hydroxyl groups is 1. The first kappa shape index (κ1) is 14.4. The van der Waals surface area contributed by atoms with Crippen molar-refractivity contribution in [1.82, 2.24) is 0 Å². The van der Waals surface area contributed by atoms with Crippen LogP contribution < -0.4 is 4.74 Å². The molecule has 0 unspecified atom stereocenters. The molecule has 3 heteroatoms. The quantitative estimate of drug-likeness (QED) is 0.767. The second-order valence-electron chi connectivity index (χ2n) is 5.31. The van der Waals surface area contributed by atoms with E-state index in [-0.39, 0.29) is 12.4 Å². The Bertz CT molecular complexity index is 837. The van der Waals surface area contributed by atoms with Crippen LogP contribution in [0, 0.1) is 6.92 Å². The van der Waals surface area contributed by atoms with Crippen molar-refractivity contribution in [2.75, 3.05) is 7.11 Å². The van der Waals surface area contributed by atoms with Gasteiger partial charge in [-0.2, -0.15) is 0 Å². The molecular weight excluding hydrogens is 276 g/mol. The van der Waals surface area contributed by atoms with E-state index in [4.69, 9.17) is 4.74 Å².